The third-order valence-electron chi connectivity index (χ3n) is 4.34. The van der Waals surface area contributed by atoms with Gasteiger partial charge in [-0.05, 0) is 35.0 Å². The summed E-state index contributed by atoms with van der Waals surface area (Å²) in [6.07, 6.45) is 0.356. The number of ketones is 1. The van der Waals surface area contributed by atoms with Gasteiger partial charge in [-0.1, -0.05) is 42.5 Å². The molecule has 1 heterocycles. The van der Waals surface area contributed by atoms with E-state index in [2.05, 4.69) is 20.8 Å². The van der Waals surface area contributed by atoms with Crippen LogP contribution in [0.4, 0.5) is 0 Å². The smallest absolute Gasteiger partial charge is 0.245 e. The number of ether oxygens (including phenoxy) is 1. The molecule has 0 aliphatic heterocycles. The van der Waals surface area contributed by atoms with Crippen LogP contribution >= 0.6 is 0 Å². The number of hydrogen-bond donors (Lipinski definition) is 1. The number of aryl methyl sites for hydroxylation is 1. The predicted molar refractivity (Wildman–Crippen MR) is 102 cm³/mol. The van der Waals surface area contributed by atoms with Crippen LogP contribution in [0.15, 0.2) is 54.6 Å². The highest BCUT2D eigenvalue weighted by molar-refractivity contribution is 5.99. The Hall–Kier alpha value is -3.55. The maximum atomic E-state index is 12.9. The van der Waals surface area contributed by atoms with Crippen LogP contribution < -0.4 is 10.1 Å². The SMILES string of the molecule is COc1cccc(CC(C(=O)NCC(=O)c2ccccc2)n2nnnc2C)c1. The van der Waals surface area contributed by atoms with E-state index in [-0.39, 0.29) is 18.2 Å². The van der Waals surface area contributed by atoms with E-state index < -0.39 is 6.04 Å². The van der Waals surface area contributed by atoms with Gasteiger partial charge in [0.15, 0.2) is 5.78 Å². The van der Waals surface area contributed by atoms with Crippen molar-refractivity contribution in [3.05, 3.63) is 71.5 Å². The topological polar surface area (TPSA) is 99.0 Å². The van der Waals surface area contributed by atoms with Gasteiger partial charge in [-0.25, -0.2) is 4.68 Å². The molecule has 3 rings (SSSR count). The van der Waals surface area contributed by atoms with Crippen LogP contribution in [0.1, 0.15) is 27.8 Å². The second-order valence-corrected chi connectivity index (χ2v) is 6.25. The molecule has 3 aromatic rings. The molecule has 0 aliphatic rings. The number of nitrogens with one attached hydrogen (secondary N) is 1. The van der Waals surface area contributed by atoms with Crippen LogP contribution in [-0.2, 0) is 11.2 Å². The Morgan fingerprint density at radius 2 is 1.93 bits per heavy atom. The summed E-state index contributed by atoms with van der Waals surface area (Å²) in [5.41, 5.74) is 1.44. The van der Waals surface area contributed by atoms with E-state index in [9.17, 15) is 9.59 Å². The molecule has 1 aromatic heterocycles. The van der Waals surface area contributed by atoms with Gasteiger partial charge in [0.2, 0.25) is 5.91 Å². The third-order valence-corrected chi connectivity index (χ3v) is 4.34. The maximum Gasteiger partial charge on any atom is 0.245 e. The van der Waals surface area contributed by atoms with Crippen molar-refractivity contribution in [1.29, 1.82) is 0 Å². The minimum Gasteiger partial charge on any atom is -0.497 e. The molecule has 8 heteroatoms. The number of methoxy groups -OCH3 is 1. The predicted octanol–water partition coefficient (Wildman–Crippen LogP) is 1.77. The Bertz CT molecular complexity index is 955. The molecular formula is C20H21N5O3. The fourth-order valence-electron chi connectivity index (χ4n) is 2.85. The number of tetrazole rings is 1. The zero-order valence-electron chi connectivity index (χ0n) is 15.7. The number of hydrogen-bond acceptors (Lipinski definition) is 6. The fraction of sp³-hybridized carbons (Fsp3) is 0.250. The second-order valence-electron chi connectivity index (χ2n) is 6.25. The molecule has 0 radical (unpaired) electrons. The van der Waals surface area contributed by atoms with Gasteiger partial charge in [-0.3, -0.25) is 9.59 Å². The lowest BCUT2D eigenvalue weighted by Gasteiger charge is -2.18. The molecule has 0 spiro atoms. The van der Waals surface area contributed by atoms with E-state index in [1.807, 2.05) is 30.3 Å². The standard InChI is InChI=1S/C20H21N5O3/c1-14-22-23-24-25(14)18(12-15-7-6-10-17(11-15)28-2)20(27)21-13-19(26)16-8-4-3-5-9-16/h3-11,18H,12-13H2,1-2H3,(H,21,27). The van der Waals surface area contributed by atoms with Crippen molar-refractivity contribution in [1.82, 2.24) is 25.5 Å². The molecule has 2 aromatic carbocycles. The Morgan fingerprint density at radius 3 is 2.61 bits per heavy atom. The highest BCUT2D eigenvalue weighted by Crippen LogP contribution is 2.19. The number of amides is 1. The molecule has 1 atom stereocenters. The third kappa shape index (κ3) is 4.59. The van der Waals surface area contributed by atoms with Crippen molar-refractivity contribution in [3.63, 3.8) is 0 Å². The summed E-state index contributed by atoms with van der Waals surface area (Å²) in [6.45, 7) is 1.62. The lowest BCUT2D eigenvalue weighted by molar-refractivity contribution is -0.124. The lowest BCUT2D eigenvalue weighted by atomic mass is 10.0. The number of rotatable bonds is 8. The van der Waals surface area contributed by atoms with Crippen LogP contribution in [0.3, 0.4) is 0 Å². The molecule has 0 aliphatic carbocycles. The first-order valence-corrected chi connectivity index (χ1v) is 8.82. The molecular weight excluding hydrogens is 358 g/mol. The van der Waals surface area contributed by atoms with E-state index in [1.54, 1.807) is 38.3 Å². The van der Waals surface area contributed by atoms with Gasteiger partial charge in [0, 0.05) is 12.0 Å². The number of carbonyl (C=O) groups excluding carboxylic acids is 2. The average Bonchev–Trinajstić information content (AvgIpc) is 3.16. The molecule has 0 saturated carbocycles. The van der Waals surface area contributed by atoms with Gasteiger partial charge in [-0.2, -0.15) is 0 Å². The Labute approximate surface area is 162 Å². The highest BCUT2D eigenvalue weighted by atomic mass is 16.5. The molecule has 1 unspecified atom stereocenters. The first-order valence-electron chi connectivity index (χ1n) is 8.82. The van der Waals surface area contributed by atoms with Crippen LogP contribution in [0, 0.1) is 6.92 Å². The second kappa shape index (κ2) is 8.90. The number of Topliss-reactive ketones (excluding diaryl/α,β-unsaturated/α-hetero) is 1. The Balaban J connectivity index is 1.76. The lowest BCUT2D eigenvalue weighted by Crippen LogP contribution is -2.37. The fourth-order valence-corrected chi connectivity index (χ4v) is 2.85. The van der Waals surface area contributed by atoms with Gasteiger partial charge >= 0.3 is 0 Å². The van der Waals surface area contributed by atoms with E-state index in [1.165, 1.54) is 4.68 Å². The van der Waals surface area contributed by atoms with E-state index in [0.29, 0.717) is 23.6 Å². The molecule has 0 bridgehead atoms. The van der Waals surface area contributed by atoms with E-state index in [0.717, 1.165) is 5.56 Å². The summed E-state index contributed by atoms with van der Waals surface area (Å²) in [6, 6.07) is 15.6. The average molecular weight is 379 g/mol. The zero-order valence-corrected chi connectivity index (χ0v) is 15.7. The quantitative estimate of drug-likeness (QED) is 0.599. The van der Waals surface area contributed by atoms with Crippen molar-refractivity contribution in [3.8, 4) is 5.75 Å². The first kappa shape index (κ1) is 19.2. The number of carbonyl (C=O) groups is 2. The molecule has 1 amide bonds. The van der Waals surface area contributed by atoms with E-state index in [4.69, 9.17) is 4.74 Å². The Kier molecular flexibility index (Phi) is 6.11. The number of benzene rings is 2. The molecule has 0 fully saturated rings. The van der Waals surface area contributed by atoms with Crippen LogP contribution in [0.5, 0.6) is 5.75 Å². The van der Waals surface area contributed by atoms with E-state index >= 15 is 0 Å². The monoisotopic (exact) mass is 379 g/mol. The number of aromatic nitrogens is 4. The minimum absolute atomic E-state index is 0.0986. The van der Waals surface area contributed by atoms with Crippen LogP contribution in [-0.4, -0.2) is 45.6 Å². The molecule has 1 N–H and O–H groups in total. The largest absolute Gasteiger partial charge is 0.497 e. The van der Waals surface area contributed by atoms with Gasteiger partial charge < -0.3 is 10.1 Å². The molecule has 8 nitrogen and oxygen atoms in total. The normalized spacial score (nSPS) is 11.6. The summed E-state index contributed by atoms with van der Waals surface area (Å²) in [4.78, 5) is 25.2. The summed E-state index contributed by atoms with van der Waals surface area (Å²) in [7, 11) is 1.59. The molecule has 28 heavy (non-hydrogen) atoms. The van der Waals surface area contributed by atoms with Gasteiger partial charge in [0.25, 0.3) is 0 Å². The molecule has 144 valence electrons. The van der Waals surface area contributed by atoms with Crippen molar-refractivity contribution < 1.29 is 14.3 Å². The molecule has 0 saturated heterocycles. The van der Waals surface area contributed by atoms with Crippen molar-refractivity contribution in [2.24, 2.45) is 0 Å². The summed E-state index contributed by atoms with van der Waals surface area (Å²) in [5, 5.41) is 14.2. The summed E-state index contributed by atoms with van der Waals surface area (Å²) in [5.74, 6) is 0.715. The van der Waals surface area contributed by atoms with Crippen molar-refractivity contribution in [2.75, 3.05) is 13.7 Å². The summed E-state index contributed by atoms with van der Waals surface area (Å²) >= 11 is 0. The van der Waals surface area contributed by atoms with Crippen LogP contribution in [0.25, 0.3) is 0 Å². The van der Waals surface area contributed by atoms with Gasteiger partial charge in [0.1, 0.15) is 17.6 Å². The van der Waals surface area contributed by atoms with Crippen molar-refractivity contribution >= 4 is 11.7 Å². The van der Waals surface area contributed by atoms with Crippen molar-refractivity contribution in [2.45, 2.75) is 19.4 Å². The highest BCUT2D eigenvalue weighted by Gasteiger charge is 2.25. The Morgan fingerprint density at radius 1 is 1.14 bits per heavy atom. The number of nitrogens with zero attached hydrogens (tertiary/aromatic N) is 4. The minimum atomic E-state index is -0.689. The van der Waals surface area contributed by atoms with Gasteiger partial charge in [0.05, 0.1) is 13.7 Å². The van der Waals surface area contributed by atoms with Crippen LogP contribution in [0.2, 0.25) is 0 Å². The van der Waals surface area contributed by atoms with Gasteiger partial charge in [-0.15, -0.1) is 5.10 Å². The summed E-state index contributed by atoms with van der Waals surface area (Å²) < 4.78 is 6.71. The maximum absolute atomic E-state index is 12.9. The zero-order chi connectivity index (χ0) is 19.9. The first-order chi connectivity index (χ1) is 13.6.